The number of nitrogens with zero attached hydrogens (tertiary/aromatic N) is 2. The number of hydrogen-bond donors (Lipinski definition) is 0. The minimum atomic E-state index is 0.124. The van der Waals surface area contributed by atoms with Crippen molar-refractivity contribution in [1.82, 2.24) is 9.78 Å². The molecule has 1 aliphatic rings. The van der Waals surface area contributed by atoms with Gasteiger partial charge in [-0.25, -0.2) is 0 Å². The number of carbonyl (C=O) groups is 1. The van der Waals surface area contributed by atoms with Crippen molar-refractivity contribution in [3.63, 3.8) is 0 Å². The predicted molar refractivity (Wildman–Crippen MR) is 61.9 cm³/mol. The molecular formula is C11H13BrN2O. The van der Waals surface area contributed by atoms with Crippen LogP contribution < -0.4 is 0 Å². The third-order valence-corrected chi connectivity index (χ3v) is 3.22. The van der Waals surface area contributed by atoms with Crippen LogP contribution >= 0.6 is 15.9 Å². The zero-order chi connectivity index (χ0) is 10.8. The van der Waals surface area contributed by atoms with E-state index in [1.165, 1.54) is 0 Å². The van der Waals surface area contributed by atoms with Crippen LogP contribution in [0.25, 0.3) is 0 Å². The summed E-state index contributed by atoms with van der Waals surface area (Å²) in [5, 5.41) is 4.15. The highest BCUT2D eigenvalue weighted by Gasteiger charge is 2.21. The normalized spacial score (nSPS) is 15.5. The minimum Gasteiger partial charge on any atom is -0.287 e. The highest BCUT2D eigenvalue weighted by Crippen LogP contribution is 2.25. The van der Waals surface area contributed by atoms with Gasteiger partial charge in [0.15, 0.2) is 0 Å². The van der Waals surface area contributed by atoms with E-state index >= 15 is 0 Å². The topological polar surface area (TPSA) is 34.9 Å². The lowest BCUT2D eigenvalue weighted by molar-refractivity contribution is 0.102. The first-order valence-corrected chi connectivity index (χ1v) is 5.98. The van der Waals surface area contributed by atoms with Crippen LogP contribution in [0.5, 0.6) is 0 Å². The molecule has 0 unspecified atom stereocenters. The van der Waals surface area contributed by atoms with Crippen molar-refractivity contribution < 1.29 is 4.79 Å². The molecule has 0 N–H and O–H groups in total. The number of Topliss-reactive ketones (excluding diaryl/α,β-unsaturated/α-hetero) is 1. The van der Waals surface area contributed by atoms with E-state index in [-0.39, 0.29) is 5.78 Å². The van der Waals surface area contributed by atoms with Gasteiger partial charge in [0.25, 0.3) is 0 Å². The van der Waals surface area contributed by atoms with E-state index in [0.29, 0.717) is 5.69 Å². The average molecular weight is 269 g/mol. The lowest BCUT2D eigenvalue weighted by atomic mass is 10.1. The van der Waals surface area contributed by atoms with Gasteiger partial charge in [-0.3, -0.25) is 9.48 Å². The summed E-state index contributed by atoms with van der Waals surface area (Å²) in [7, 11) is 0. The van der Waals surface area contributed by atoms with Gasteiger partial charge >= 0.3 is 0 Å². The first-order chi connectivity index (χ1) is 7.24. The molecule has 0 bridgehead atoms. The molecule has 1 aromatic rings. The standard InChI is InChI=1S/C11H13BrN2O/c1-2-14-10(9(12)7-13-14)11(15)8-5-3-4-6-8/h5,7H,2-4,6H2,1H3. The van der Waals surface area contributed by atoms with E-state index in [1.807, 2.05) is 13.0 Å². The molecule has 1 heterocycles. The summed E-state index contributed by atoms with van der Waals surface area (Å²) < 4.78 is 2.54. The number of aryl methyl sites for hydroxylation is 1. The predicted octanol–water partition coefficient (Wildman–Crippen LogP) is 2.96. The van der Waals surface area contributed by atoms with Crippen molar-refractivity contribution in [2.75, 3.05) is 0 Å². The Labute approximate surface area is 97.3 Å². The van der Waals surface area contributed by atoms with Crippen LogP contribution in [0.3, 0.4) is 0 Å². The highest BCUT2D eigenvalue weighted by atomic mass is 79.9. The van der Waals surface area contributed by atoms with Gasteiger partial charge in [0.05, 0.1) is 10.7 Å². The van der Waals surface area contributed by atoms with Gasteiger partial charge in [-0.15, -0.1) is 0 Å². The molecule has 3 nitrogen and oxygen atoms in total. The molecule has 1 aromatic heterocycles. The van der Waals surface area contributed by atoms with E-state index in [0.717, 1.165) is 35.9 Å². The number of rotatable bonds is 3. The van der Waals surface area contributed by atoms with Gasteiger partial charge in [-0.05, 0) is 47.7 Å². The maximum atomic E-state index is 12.1. The fourth-order valence-electron chi connectivity index (χ4n) is 1.86. The molecule has 0 amide bonds. The number of aromatic nitrogens is 2. The Morgan fingerprint density at radius 2 is 2.47 bits per heavy atom. The van der Waals surface area contributed by atoms with Crippen LogP contribution in [0.2, 0.25) is 0 Å². The summed E-state index contributed by atoms with van der Waals surface area (Å²) in [4.78, 5) is 12.1. The van der Waals surface area contributed by atoms with Crippen LogP contribution in [0.1, 0.15) is 36.7 Å². The monoisotopic (exact) mass is 268 g/mol. The second kappa shape index (κ2) is 4.31. The second-order valence-corrected chi connectivity index (χ2v) is 4.46. The molecule has 4 heteroatoms. The summed E-state index contributed by atoms with van der Waals surface area (Å²) in [6.45, 7) is 2.71. The summed E-state index contributed by atoms with van der Waals surface area (Å²) in [6.07, 6.45) is 6.76. The third-order valence-electron chi connectivity index (χ3n) is 2.64. The van der Waals surface area contributed by atoms with Crippen molar-refractivity contribution in [1.29, 1.82) is 0 Å². The third kappa shape index (κ3) is 1.91. The van der Waals surface area contributed by atoms with Crippen molar-refractivity contribution >= 4 is 21.7 Å². The van der Waals surface area contributed by atoms with Crippen molar-refractivity contribution in [2.45, 2.75) is 32.7 Å². The number of ketones is 1. The van der Waals surface area contributed by atoms with Crippen LogP contribution in [0, 0.1) is 0 Å². The van der Waals surface area contributed by atoms with Crippen LogP contribution in [-0.4, -0.2) is 15.6 Å². The second-order valence-electron chi connectivity index (χ2n) is 3.61. The fraction of sp³-hybridized carbons (Fsp3) is 0.455. The number of allylic oxidation sites excluding steroid dienone is 2. The van der Waals surface area contributed by atoms with E-state index in [1.54, 1.807) is 10.9 Å². The molecule has 0 aliphatic heterocycles. The van der Waals surface area contributed by atoms with E-state index in [9.17, 15) is 4.79 Å². The Morgan fingerprint density at radius 3 is 3.07 bits per heavy atom. The molecule has 0 saturated heterocycles. The summed E-state index contributed by atoms with van der Waals surface area (Å²) >= 11 is 3.37. The summed E-state index contributed by atoms with van der Waals surface area (Å²) in [5.74, 6) is 0.124. The average Bonchev–Trinajstić information content (AvgIpc) is 2.85. The minimum absolute atomic E-state index is 0.124. The van der Waals surface area contributed by atoms with Gasteiger partial charge in [0.1, 0.15) is 5.69 Å². The Kier molecular flexibility index (Phi) is 3.05. The van der Waals surface area contributed by atoms with Crippen LogP contribution in [0.4, 0.5) is 0 Å². The Balaban J connectivity index is 2.35. The van der Waals surface area contributed by atoms with Gasteiger partial charge in [0, 0.05) is 6.54 Å². The van der Waals surface area contributed by atoms with Gasteiger partial charge in [0.2, 0.25) is 5.78 Å². The maximum absolute atomic E-state index is 12.1. The fourth-order valence-corrected chi connectivity index (χ4v) is 2.33. The molecule has 0 saturated carbocycles. The van der Waals surface area contributed by atoms with Crippen LogP contribution in [-0.2, 0) is 6.54 Å². The molecule has 0 spiro atoms. The highest BCUT2D eigenvalue weighted by molar-refractivity contribution is 9.10. The molecule has 1 aliphatic carbocycles. The number of carbonyl (C=O) groups excluding carboxylic acids is 1. The quantitative estimate of drug-likeness (QED) is 0.791. The molecular weight excluding hydrogens is 256 g/mol. The van der Waals surface area contributed by atoms with E-state index < -0.39 is 0 Å². The zero-order valence-electron chi connectivity index (χ0n) is 8.66. The number of hydrogen-bond acceptors (Lipinski definition) is 2. The molecule has 0 radical (unpaired) electrons. The van der Waals surface area contributed by atoms with Gasteiger partial charge in [-0.1, -0.05) is 6.08 Å². The van der Waals surface area contributed by atoms with E-state index in [2.05, 4.69) is 21.0 Å². The molecule has 0 aromatic carbocycles. The lowest BCUT2D eigenvalue weighted by Gasteiger charge is -2.05. The molecule has 15 heavy (non-hydrogen) atoms. The Bertz CT molecular complexity index is 420. The summed E-state index contributed by atoms with van der Waals surface area (Å²) in [5.41, 5.74) is 1.62. The SMILES string of the molecule is CCn1ncc(Br)c1C(=O)C1=CCCC1. The molecule has 0 fully saturated rings. The van der Waals surface area contributed by atoms with Crippen molar-refractivity contribution in [3.8, 4) is 0 Å². The molecule has 0 atom stereocenters. The smallest absolute Gasteiger partial charge is 0.207 e. The van der Waals surface area contributed by atoms with Crippen molar-refractivity contribution in [2.24, 2.45) is 0 Å². The first kappa shape index (κ1) is 10.6. The molecule has 2 rings (SSSR count). The van der Waals surface area contributed by atoms with Crippen molar-refractivity contribution in [3.05, 3.63) is 28.0 Å². The largest absolute Gasteiger partial charge is 0.287 e. The Hall–Kier alpha value is -0.900. The van der Waals surface area contributed by atoms with Gasteiger partial charge < -0.3 is 0 Å². The lowest BCUT2D eigenvalue weighted by Crippen LogP contribution is -2.11. The maximum Gasteiger partial charge on any atom is 0.207 e. The Morgan fingerprint density at radius 1 is 1.67 bits per heavy atom. The van der Waals surface area contributed by atoms with Crippen LogP contribution in [0.15, 0.2) is 22.3 Å². The summed E-state index contributed by atoms with van der Waals surface area (Å²) in [6, 6.07) is 0. The zero-order valence-corrected chi connectivity index (χ0v) is 10.2. The molecule has 80 valence electrons. The van der Waals surface area contributed by atoms with E-state index in [4.69, 9.17) is 0 Å². The van der Waals surface area contributed by atoms with Gasteiger partial charge in [-0.2, -0.15) is 5.10 Å². The first-order valence-electron chi connectivity index (χ1n) is 5.19. The number of halogens is 1.